The second-order valence-electron chi connectivity index (χ2n) is 3.74. The van der Waals surface area contributed by atoms with Crippen LogP contribution in [0.3, 0.4) is 0 Å². The molecule has 4 nitrogen and oxygen atoms in total. The van der Waals surface area contributed by atoms with Gasteiger partial charge in [-0.1, -0.05) is 36.4 Å². The number of aliphatic hydroxyl groups excluding tert-OH is 1. The fourth-order valence-corrected chi connectivity index (χ4v) is 1.45. The van der Waals surface area contributed by atoms with Crippen LogP contribution in [0.25, 0.3) is 0 Å². The first-order valence-electron chi connectivity index (χ1n) is 5.73. The molecule has 0 amide bonds. The molecular weight excluding hydrogens is 232 g/mol. The normalized spacial score (nSPS) is 13.3. The molecule has 0 aliphatic carbocycles. The fourth-order valence-electron chi connectivity index (χ4n) is 1.45. The summed E-state index contributed by atoms with van der Waals surface area (Å²) in [5.41, 5.74) is 1.59. The van der Waals surface area contributed by atoms with Gasteiger partial charge >= 0.3 is 0 Å². The zero-order valence-electron chi connectivity index (χ0n) is 10.4. The largest absolute Gasteiger partial charge is 0.373 e. The van der Waals surface area contributed by atoms with Gasteiger partial charge in [0, 0.05) is 13.5 Å². The number of aldehydes is 1. The van der Waals surface area contributed by atoms with Crippen molar-refractivity contribution < 1.29 is 19.4 Å². The van der Waals surface area contributed by atoms with Crippen molar-refractivity contribution in [3.8, 4) is 0 Å². The van der Waals surface area contributed by atoms with E-state index in [-0.39, 0.29) is 6.42 Å². The maximum Gasteiger partial charge on any atom is 0.177 e. The summed E-state index contributed by atoms with van der Waals surface area (Å²) >= 11 is 0. The molecule has 0 spiro atoms. The molecule has 1 aromatic carbocycles. The van der Waals surface area contributed by atoms with Crippen LogP contribution < -0.4 is 0 Å². The molecule has 0 aromatic heterocycles. The molecule has 0 radical (unpaired) electrons. The zero-order valence-corrected chi connectivity index (χ0v) is 10.4. The van der Waals surface area contributed by atoms with Gasteiger partial charge in [0.2, 0.25) is 0 Å². The highest BCUT2D eigenvalue weighted by atomic mass is 16.6. The van der Waals surface area contributed by atoms with E-state index in [4.69, 9.17) is 9.47 Å². The van der Waals surface area contributed by atoms with Crippen LogP contribution in [0.15, 0.2) is 42.0 Å². The highest BCUT2D eigenvalue weighted by Crippen LogP contribution is 2.07. The van der Waals surface area contributed by atoms with E-state index in [1.807, 2.05) is 30.3 Å². The number of aliphatic hydroxyl groups is 1. The number of hydrogen-bond donors (Lipinski definition) is 1. The van der Waals surface area contributed by atoms with Gasteiger partial charge < -0.3 is 19.4 Å². The van der Waals surface area contributed by atoms with E-state index >= 15 is 0 Å². The van der Waals surface area contributed by atoms with E-state index in [1.165, 1.54) is 7.11 Å². The smallest absolute Gasteiger partial charge is 0.177 e. The predicted molar refractivity (Wildman–Crippen MR) is 67.9 cm³/mol. The van der Waals surface area contributed by atoms with Gasteiger partial charge in [-0.25, -0.2) is 0 Å². The van der Waals surface area contributed by atoms with Gasteiger partial charge in [-0.3, -0.25) is 0 Å². The molecule has 0 fully saturated rings. The minimum atomic E-state index is -1.05. The third-order valence-corrected chi connectivity index (χ3v) is 2.43. The molecule has 1 atom stereocenters. The van der Waals surface area contributed by atoms with Crippen molar-refractivity contribution in [2.24, 2.45) is 0 Å². The van der Waals surface area contributed by atoms with E-state index in [1.54, 1.807) is 6.08 Å². The number of carbonyl (C=O) groups excluding carboxylic acids is 1. The van der Waals surface area contributed by atoms with Crippen molar-refractivity contribution in [3.63, 3.8) is 0 Å². The Balaban J connectivity index is 2.39. The van der Waals surface area contributed by atoms with Crippen molar-refractivity contribution in [2.45, 2.75) is 19.3 Å². The Morgan fingerprint density at radius 3 is 2.72 bits per heavy atom. The fraction of sp³-hybridized carbons (Fsp3) is 0.357. The standard InChI is InChI=1S/C14H18O4/c1-17-14(16)13(7-9-15)8-10-18-11-12-5-3-2-4-6-12/h2-6,8-9,14,16H,7,10-11H2,1H3/b13-8-. The van der Waals surface area contributed by atoms with Crippen molar-refractivity contribution in [1.82, 2.24) is 0 Å². The van der Waals surface area contributed by atoms with Crippen LogP contribution in [-0.2, 0) is 20.9 Å². The lowest BCUT2D eigenvalue weighted by Gasteiger charge is -2.11. The Kier molecular flexibility index (Phi) is 6.94. The molecule has 0 bridgehead atoms. The quantitative estimate of drug-likeness (QED) is 0.330. The van der Waals surface area contributed by atoms with Crippen LogP contribution >= 0.6 is 0 Å². The zero-order chi connectivity index (χ0) is 13.2. The van der Waals surface area contributed by atoms with E-state index in [0.29, 0.717) is 18.8 Å². The maximum absolute atomic E-state index is 10.4. The number of carbonyl (C=O) groups is 1. The minimum absolute atomic E-state index is 0.143. The third kappa shape index (κ3) is 5.23. The van der Waals surface area contributed by atoms with Crippen molar-refractivity contribution in [2.75, 3.05) is 13.7 Å². The van der Waals surface area contributed by atoms with Crippen LogP contribution in [0.4, 0.5) is 0 Å². The summed E-state index contributed by atoms with van der Waals surface area (Å²) in [5, 5.41) is 9.46. The lowest BCUT2D eigenvalue weighted by atomic mass is 10.2. The van der Waals surface area contributed by atoms with Crippen molar-refractivity contribution in [1.29, 1.82) is 0 Å². The van der Waals surface area contributed by atoms with Crippen LogP contribution in [0, 0.1) is 0 Å². The summed E-state index contributed by atoms with van der Waals surface area (Å²) in [5.74, 6) is 0. The van der Waals surface area contributed by atoms with Gasteiger partial charge in [0.25, 0.3) is 0 Å². The molecule has 4 heteroatoms. The Morgan fingerprint density at radius 2 is 2.11 bits per heavy atom. The Morgan fingerprint density at radius 1 is 1.39 bits per heavy atom. The van der Waals surface area contributed by atoms with Crippen LogP contribution in [0.5, 0.6) is 0 Å². The molecule has 0 saturated carbocycles. The predicted octanol–water partition coefficient (Wildman–Crippen LogP) is 1.68. The number of benzene rings is 1. The van der Waals surface area contributed by atoms with Gasteiger partial charge in [-0.05, 0) is 11.1 Å². The van der Waals surface area contributed by atoms with Gasteiger partial charge in [-0.15, -0.1) is 0 Å². The molecule has 0 aliphatic heterocycles. The summed E-state index contributed by atoms with van der Waals surface area (Å²) < 4.78 is 10.2. The molecular formula is C14H18O4. The van der Waals surface area contributed by atoms with Gasteiger partial charge in [0.1, 0.15) is 6.29 Å². The lowest BCUT2D eigenvalue weighted by Crippen LogP contribution is -2.13. The molecule has 0 heterocycles. The lowest BCUT2D eigenvalue weighted by molar-refractivity contribution is -0.108. The van der Waals surface area contributed by atoms with E-state index in [2.05, 4.69) is 0 Å². The van der Waals surface area contributed by atoms with E-state index < -0.39 is 6.29 Å². The van der Waals surface area contributed by atoms with Gasteiger partial charge in [-0.2, -0.15) is 0 Å². The molecule has 1 aromatic rings. The minimum Gasteiger partial charge on any atom is -0.373 e. The molecule has 18 heavy (non-hydrogen) atoms. The summed E-state index contributed by atoms with van der Waals surface area (Å²) in [6, 6.07) is 9.78. The first-order chi connectivity index (χ1) is 8.77. The molecule has 1 unspecified atom stereocenters. The molecule has 0 aliphatic rings. The summed E-state index contributed by atoms with van der Waals surface area (Å²) in [7, 11) is 1.38. The van der Waals surface area contributed by atoms with Crippen molar-refractivity contribution >= 4 is 6.29 Å². The second kappa shape index (κ2) is 8.58. The Bertz CT molecular complexity index is 373. The second-order valence-corrected chi connectivity index (χ2v) is 3.74. The number of rotatable bonds is 8. The third-order valence-electron chi connectivity index (χ3n) is 2.43. The summed E-state index contributed by atoms with van der Waals surface area (Å²) in [6.07, 6.45) is 1.50. The first-order valence-corrected chi connectivity index (χ1v) is 5.73. The van der Waals surface area contributed by atoms with E-state index in [9.17, 15) is 9.90 Å². The number of hydrogen-bond acceptors (Lipinski definition) is 4. The highest BCUT2D eigenvalue weighted by molar-refractivity contribution is 5.54. The number of ether oxygens (including phenoxy) is 2. The van der Waals surface area contributed by atoms with Gasteiger partial charge in [0.05, 0.1) is 13.2 Å². The SMILES string of the molecule is COC(O)/C(=C\COCc1ccccc1)CC=O. The molecule has 1 N–H and O–H groups in total. The van der Waals surface area contributed by atoms with Crippen LogP contribution in [0.1, 0.15) is 12.0 Å². The van der Waals surface area contributed by atoms with E-state index in [0.717, 1.165) is 11.8 Å². The highest BCUT2D eigenvalue weighted by Gasteiger charge is 2.08. The topological polar surface area (TPSA) is 55.8 Å². The Labute approximate surface area is 107 Å². The molecule has 98 valence electrons. The van der Waals surface area contributed by atoms with Crippen LogP contribution in [-0.4, -0.2) is 31.4 Å². The maximum atomic E-state index is 10.4. The average Bonchev–Trinajstić information content (AvgIpc) is 2.42. The Hall–Kier alpha value is -1.49. The first kappa shape index (κ1) is 14.6. The average molecular weight is 250 g/mol. The molecule has 0 saturated heterocycles. The van der Waals surface area contributed by atoms with Crippen molar-refractivity contribution in [3.05, 3.63) is 47.5 Å². The summed E-state index contributed by atoms with van der Waals surface area (Å²) in [6.45, 7) is 0.827. The monoisotopic (exact) mass is 250 g/mol. The molecule has 1 rings (SSSR count). The van der Waals surface area contributed by atoms with Gasteiger partial charge in [0.15, 0.2) is 6.29 Å². The summed E-state index contributed by atoms with van der Waals surface area (Å²) in [4.78, 5) is 10.4. The number of methoxy groups -OCH3 is 1. The van der Waals surface area contributed by atoms with Crippen LogP contribution in [0.2, 0.25) is 0 Å².